The van der Waals surface area contributed by atoms with E-state index in [1.165, 1.54) is 0 Å². The summed E-state index contributed by atoms with van der Waals surface area (Å²) in [7, 11) is 0. The molecule has 2 atom stereocenters. The van der Waals surface area contributed by atoms with Gasteiger partial charge in [0, 0.05) is 35.7 Å². The lowest BCUT2D eigenvalue weighted by atomic mass is 9.91. The van der Waals surface area contributed by atoms with Crippen LogP contribution in [0.3, 0.4) is 0 Å². The molecule has 0 bridgehead atoms. The van der Waals surface area contributed by atoms with E-state index in [1.54, 1.807) is 0 Å². The van der Waals surface area contributed by atoms with Crippen molar-refractivity contribution >= 4 is 16.9 Å². The van der Waals surface area contributed by atoms with Crippen molar-refractivity contribution in [2.24, 2.45) is 0 Å². The van der Waals surface area contributed by atoms with Crippen molar-refractivity contribution < 1.29 is 15.0 Å². The average molecular weight is 288 g/mol. The molecule has 3 rings (SSSR count). The summed E-state index contributed by atoms with van der Waals surface area (Å²) in [6, 6.07) is 7.49. The number of carboxylic acid groups (broad SMARTS) is 1. The molecule has 0 unspecified atom stereocenters. The third-order valence-corrected chi connectivity index (χ3v) is 4.20. The molecule has 2 heterocycles. The lowest BCUT2D eigenvalue weighted by molar-refractivity contribution is -0.139. The molecule has 1 aliphatic heterocycles. The molecule has 112 valence electrons. The van der Waals surface area contributed by atoms with Gasteiger partial charge in [-0.15, -0.1) is 0 Å². The minimum absolute atomic E-state index is 0.00815. The number of H-pyrrole nitrogens is 1. The summed E-state index contributed by atoms with van der Waals surface area (Å²) in [6.45, 7) is 0.175. The molecule has 1 aromatic carbocycles. The molecule has 0 aliphatic carbocycles. The molecule has 0 saturated heterocycles. The van der Waals surface area contributed by atoms with Crippen LogP contribution >= 0.6 is 0 Å². The minimum Gasteiger partial charge on any atom is -0.480 e. The summed E-state index contributed by atoms with van der Waals surface area (Å²) < 4.78 is 0. The summed E-state index contributed by atoms with van der Waals surface area (Å²) in [5, 5.41) is 22.6. The molecule has 4 N–H and O–H groups in total. The van der Waals surface area contributed by atoms with Gasteiger partial charge in [0.05, 0.1) is 0 Å². The molecule has 0 spiro atoms. The molecule has 21 heavy (non-hydrogen) atoms. The van der Waals surface area contributed by atoms with Gasteiger partial charge in [0.25, 0.3) is 0 Å². The highest BCUT2D eigenvalue weighted by molar-refractivity contribution is 5.86. The van der Waals surface area contributed by atoms with E-state index in [0.29, 0.717) is 6.42 Å². The number of para-hydroxylation sites is 1. The van der Waals surface area contributed by atoms with E-state index in [1.807, 2.05) is 24.3 Å². The van der Waals surface area contributed by atoms with E-state index in [-0.39, 0.29) is 12.6 Å². The van der Waals surface area contributed by atoms with Crippen molar-refractivity contribution in [3.8, 4) is 0 Å². The first-order valence-electron chi connectivity index (χ1n) is 7.40. The number of fused-ring (bicyclic) bond motifs is 3. The highest BCUT2D eigenvalue weighted by Gasteiger charge is 2.32. The Morgan fingerprint density at radius 1 is 1.29 bits per heavy atom. The van der Waals surface area contributed by atoms with Crippen LogP contribution in [0.15, 0.2) is 24.3 Å². The first-order chi connectivity index (χ1) is 10.2. The second-order valence-electron chi connectivity index (χ2n) is 5.60. The van der Waals surface area contributed by atoms with E-state index in [9.17, 15) is 9.90 Å². The fourth-order valence-corrected chi connectivity index (χ4v) is 3.17. The first-order valence-corrected chi connectivity index (χ1v) is 7.40. The molecule has 1 aliphatic rings. The van der Waals surface area contributed by atoms with Crippen LogP contribution < -0.4 is 5.32 Å². The number of aliphatic hydroxyl groups is 1. The fraction of sp³-hybridized carbons (Fsp3) is 0.438. The minimum atomic E-state index is -0.807. The molecule has 2 aromatic rings. The number of nitrogens with one attached hydrogen (secondary N) is 2. The Bertz CT molecular complexity index is 650. The van der Waals surface area contributed by atoms with Crippen LogP contribution in [0, 0.1) is 0 Å². The predicted octanol–water partition coefficient (Wildman–Crippen LogP) is 1.97. The lowest BCUT2D eigenvalue weighted by Gasteiger charge is -2.29. The fourth-order valence-electron chi connectivity index (χ4n) is 3.17. The van der Waals surface area contributed by atoms with Crippen molar-refractivity contribution in [2.75, 3.05) is 6.61 Å². The van der Waals surface area contributed by atoms with Gasteiger partial charge in [-0.1, -0.05) is 18.2 Å². The molecule has 5 nitrogen and oxygen atoms in total. The number of aromatic amines is 1. The molecular weight excluding hydrogens is 268 g/mol. The predicted molar refractivity (Wildman–Crippen MR) is 80.2 cm³/mol. The number of hydrogen-bond acceptors (Lipinski definition) is 3. The van der Waals surface area contributed by atoms with Gasteiger partial charge in [-0.25, -0.2) is 0 Å². The lowest BCUT2D eigenvalue weighted by Crippen LogP contribution is -2.44. The smallest absolute Gasteiger partial charge is 0.321 e. The Hall–Kier alpha value is -1.85. The van der Waals surface area contributed by atoms with E-state index < -0.39 is 12.0 Å². The Balaban J connectivity index is 1.96. The largest absolute Gasteiger partial charge is 0.480 e. The van der Waals surface area contributed by atoms with Crippen molar-refractivity contribution in [3.63, 3.8) is 0 Å². The maximum absolute atomic E-state index is 11.4. The Morgan fingerprint density at radius 2 is 2.10 bits per heavy atom. The number of hydrogen-bond donors (Lipinski definition) is 4. The van der Waals surface area contributed by atoms with Gasteiger partial charge >= 0.3 is 5.97 Å². The van der Waals surface area contributed by atoms with E-state index in [0.717, 1.165) is 41.4 Å². The maximum Gasteiger partial charge on any atom is 0.321 e. The topological polar surface area (TPSA) is 85.3 Å². The first kappa shape index (κ1) is 14.1. The number of carboxylic acids is 1. The zero-order valence-electron chi connectivity index (χ0n) is 11.8. The van der Waals surface area contributed by atoms with Crippen LogP contribution in [0.2, 0.25) is 0 Å². The van der Waals surface area contributed by atoms with Gasteiger partial charge in [-0.05, 0) is 30.9 Å². The third-order valence-electron chi connectivity index (χ3n) is 4.20. The number of benzene rings is 1. The zero-order valence-corrected chi connectivity index (χ0v) is 11.8. The second kappa shape index (κ2) is 5.87. The number of aliphatic hydroxyl groups excluding tert-OH is 1. The van der Waals surface area contributed by atoms with E-state index in [2.05, 4.69) is 10.3 Å². The van der Waals surface area contributed by atoms with Crippen LogP contribution in [-0.4, -0.2) is 33.8 Å². The van der Waals surface area contributed by atoms with Gasteiger partial charge in [0.1, 0.15) is 6.04 Å². The highest BCUT2D eigenvalue weighted by atomic mass is 16.4. The Morgan fingerprint density at radius 3 is 2.86 bits per heavy atom. The molecule has 0 amide bonds. The van der Waals surface area contributed by atoms with E-state index >= 15 is 0 Å². The van der Waals surface area contributed by atoms with Crippen LogP contribution in [0.1, 0.15) is 36.6 Å². The molecule has 1 aromatic heterocycles. The molecule has 0 saturated carbocycles. The quantitative estimate of drug-likeness (QED) is 0.634. The molecule has 0 radical (unpaired) electrons. The van der Waals surface area contributed by atoms with Crippen molar-refractivity contribution in [3.05, 3.63) is 35.5 Å². The zero-order chi connectivity index (χ0) is 14.8. The number of aromatic nitrogens is 1. The number of carbonyl (C=O) groups is 1. The Kier molecular flexibility index (Phi) is 3.94. The standard InChI is InChI=1S/C16H20N2O3/c19-8-4-3-7-13-15-11(9-14(17-13)16(20)21)10-5-1-2-6-12(10)18-15/h1-2,5-6,13-14,17-19H,3-4,7-9H2,(H,20,21)/t13-,14+/m0/s1. The highest BCUT2D eigenvalue weighted by Crippen LogP contribution is 2.34. The summed E-state index contributed by atoms with van der Waals surface area (Å²) in [4.78, 5) is 14.8. The number of rotatable bonds is 5. The van der Waals surface area contributed by atoms with Crippen LogP contribution in [0.25, 0.3) is 10.9 Å². The third kappa shape index (κ3) is 2.66. The second-order valence-corrected chi connectivity index (χ2v) is 5.60. The van der Waals surface area contributed by atoms with E-state index in [4.69, 9.17) is 5.11 Å². The van der Waals surface area contributed by atoms with Gasteiger partial charge < -0.3 is 15.2 Å². The van der Waals surface area contributed by atoms with Gasteiger partial charge in [0.2, 0.25) is 0 Å². The van der Waals surface area contributed by atoms with Crippen LogP contribution in [0.4, 0.5) is 0 Å². The van der Waals surface area contributed by atoms with Gasteiger partial charge in [-0.2, -0.15) is 0 Å². The molecular formula is C16H20N2O3. The van der Waals surface area contributed by atoms with Gasteiger partial charge in [0.15, 0.2) is 0 Å². The van der Waals surface area contributed by atoms with Crippen LogP contribution in [-0.2, 0) is 11.2 Å². The van der Waals surface area contributed by atoms with Crippen molar-refractivity contribution in [2.45, 2.75) is 37.8 Å². The van der Waals surface area contributed by atoms with Crippen LogP contribution in [0.5, 0.6) is 0 Å². The van der Waals surface area contributed by atoms with Crippen molar-refractivity contribution in [1.29, 1.82) is 0 Å². The number of unbranched alkanes of at least 4 members (excludes halogenated alkanes) is 1. The molecule has 0 fully saturated rings. The Labute approximate surface area is 123 Å². The van der Waals surface area contributed by atoms with Gasteiger partial charge in [-0.3, -0.25) is 10.1 Å². The number of aliphatic carboxylic acids is 1. The summed E-state index contributed by atoms with van der Waals surface area (Å²) in [6.07, 6.45) is 2.94. The van der Waals surface area contributed by atoms with Crippen molar-refractivity contribution in [1.82, 2.24) is 10.3 Å². The SMILES string of the molecule is O=C(O)[C@H]1Cc2c([nH]c3ccccc23)[C@H](CCCCO)N1. The monoisotopic (exact) mass is 288 g/mol. The summed E-state index contributed by atoms with van der Waals surface area (Å²) in [5.41, 5.74) is 3.28. The maximum atomic E-state index is 11.4. The average Bonchev–Trinajstić information content (AvgIpc) is 2.86. The normalized spacial score (nSPS) is 21.4. The molecule has 5 heteroatoms. The summed E-state index contributed by atoms with van der Waals surface area (Å²) >= 11 is 0. The summed E-state index contributed by atoms with van der Waals surface area (Å²) in [5.74, 6) is -0.807.